The number of non-ortho nitro benzene ring substituents is 1. The zero-order valence-corrected chi connectivity index (χ0v) is 7.02. The molecule has 0 aliphatic heterocycles. The van der Waals surface area contributed by atoms with E-state index in [1.165, 1.54) is 12.1 Å². The van der Waals surface area contributed by atoms with Gasteiger partial charge in [-0.25, -0.2) is 0 Å². The number of carbonyl (C=O) groups is 1. The van der Waals surface area contributed by atoms with Crippen LogP contribution in [0.15, 0.2) is 18.2 Å². The Labute approximate surface area is 78.2 Å². The van der Waals surface area contributed by atoms with Gasteiger partial charge in [0.1, 0.15) is 11.9 Å². The van der Waals surface area contributed by atoms with Gasteiger partial charge in [0.2, 0.25) is 0 Å². The smallest absolute Gasteiger partial charge is 0.270 e. The number of hydrogen-bond acceptors (Lipinski definition) is 4. The van der Waals surface area contributed by atoms with Crippen molar-refractivity contribution in [3.8, 4) is 5.75 Å². The maximum atomic E-state index is 10.4. The summed E-state index contributed by atoms with van der Waals surface area (Å²) >= 11 is 5.01. The van der Waals surface area contributed by atoms with E-state index in [4.69, 9.17) is 11.9 Å². The van der Waals surface area contributed by atoms with E-state index in [0.29, 0.717) is 6.29 Å². The molecule has 0 bridgehead atoms. The first-order valence-electron chi connectivity index (χ1n) is 3.21. The fourth-order valence-electron chi connectivity index (χ4n) is 0.812. The number of carbonyl (C=O) groups excluding carboxylic acids is 1. The Morgan fingerprint density at radius 1 is 1.54 bits per heavy atom. The van der Waals surface area contributed by atoms with Crippen molar-refractivity contribution in [2.24, 2.45) is 0 Å². The molecular weight excluding hydrogens is 198 g/mol. The molecule has 0 spiro atoms. The van der Waals surface area contributed by atoms with E-state index in [1.54, 1.807) is 0 Å². The Morgan fingerprint density at radius 2 is 2.23 bits per heavy atom. The summed E-state index contributed by atoms with van der Waals surface area (Å²) in [6.45, 7) is 0. The Bertz CT molecular complexity index is 352. The summed E-state index contributed by atoms with van der Waals surface area (Å²) in [5.74, 6) is 0.0993. The molecule has 0 amide bonds. The summed E-state index contributed by atoms with van der Waals surface area (Å²) < 4.78 is 4.29. The fourth-order valence-corrected chi connectivity index (χ4v) is 0.952. The van der Waals surface area contributed by atoms with Gasteiger partial charge < -0.3 is 4.29 Å². The highest BCUT2D eigenvalue weighted by Gasteiger charge is 2.10. The molecule has 0 unspecified atom stereocenters. The first-order chi connectivity index (χ1) is 6.19. The lowest BCUT2D eigenvalue weighted by atomic mass is 10.2. The van der Waals surface area contributed by atoms with Crippen molar-refractivity contribution in [3.63, 3.8) is 0 Å². The molecule has 0 aliphatic rings. The molecule has 0 heterocycles. The SMILES string of the molecule is O=Cc1cc([N+](=O)[O-])ccc1OCl. The zero-order valence-electron chi connectivity index (χ0n) is 6.27. The number of nitro groups is 1. The van der Waals surface area contributed by atoms with Crippen molar-refractivity contribution in [1.29, 1.82) is 0 Å². The van der Waals surface area contributed by atoms with Gasteiger partial charge in [-0.15, -0.1) is 0 Å². The summed E-state index contributed by atoms with van der Waals surface area (Å²) in [6, 6.07) is 3.55. The molecule has 13 heavy (non-hydrogen) atoms. The predicted molar refractivity (Wildman–Crippen MR) is 45.0 cm³/mol. The number of aldehydes is 1. The number of nitro benzene ring substituents is 1. The Kier molecular flexibility index (Phi) is 2.81. The molecule has 0 saturated carbocycles. The third-order valence-electron chi connectivity index (χ3n) is 1.41. The van der Waals surface area contributed by atoms with E-state index >= 15 is 0 Å². The van der Waals surface area contributed by atoms with Gasteiger partial charge >= 0.3 is 0 Å². The van der Waals surface area contributed by atoms with Crippen LogP contribution in [0.3, 0.4) is 0 Å². The molecule has 0 radical (unpaired) electrons. The van der Waals surface area contributed by atoms with Gasteiger partial charge in [0, 0.05) is 12.1 Å². The molecule has 0 aromatic heterocycles. The van der Waals surface area contributed by atoms with Gasteiger partial charge in [0.15, 0.2) is 12.0 Å². The third kappa shape index (κ3) is 1.94. The minimum Gasteiger partial charge on any atom is -0.385 e. The van der Waals surface area contributed by atoms with Gasteiger partial charge in [-0.05, 0) is 6.07 Å². The molecule has 0 fully saturated rings. The lowest BCUT2D eigenvalue weighted by Gasteiger charge is -1.98. The summed E-state index contributed by atoms with van der Waals surface area (Å²) in [7, 11) is 0. The van der Waals surface area contributed by atoms with E-state index in [9.17, 15) is 14.9 Å². The molecule has 0 atom stereocenters. The maximum absolute atomic E-state index is 10.4. The molecule has 6 heteroatoms. The van der Waals surface area contributed by atoms with Gasteiger partial charge in [-0.3, -0.25) is 14.9 Å². The minimum absolute atomic E-state index is 0.0456. The van der Waals surface area contributed by atoms with Crippen LogP contribution in [-0.2, 0) is 0 Å². The highest BCUT2D eigenvalue weighted by Crippen LogP contribution is 2.23. The van der Waals surface area contributed by atoms with E-state index in [-0.39, 0.29) is 17.0 Å². The number of rotatable bonds is 3. The summed E-state index contributed by atoms with van der Waals surface area (Å²) in [6.07, 6.45) is 0.435. The van der Waals surface area contributed by atoms with Crippen molar-refractivity contribution in [1.82, 2.24) is 0 Å². The summed E-state index contributed by atoms with van der Waals surface area (Å²) in [5.41, 5.74) is -0.135. The summed E-state index contributed by atoms with van der Waals surface area (Å²) in [5, 5.41) is 10.3. The second kappa shape index (κ2) is 3.86. The van der Waals surface area contributed by atoms with Crippen molar-refractivity contribution in [2.75, 3.05) is 0 Å². The fraction of sp³-hybridized carbons (Fsp3) is 0. The van der Waals surface area contributed by atoms with Gasteiger partial charge in [-0.1, -0.05) is 0 Å². The molecule has 1 aromatic rings. The van der Waals surface area contributed by atoms with Crippen LogP contribution in [0.1, 0.15) is 10.4 Å². The van der Waals surface area contributed by atoms with E-state index < -0.39 is 4.92 Å². The molecule has 5 nitrogen and oxygen atoms in total. The summed E-state index contributed by atoms with van der Waals surface area (Å²) in [4.78, 5) is 20.1. The van der Waals surface area contributed by atoms with Gasteiger partial charge in [0.25, 0.3) is 5.69 Å². The molecule has 1 rings (SSSR count). The minimum atomic E-state index is -0.606. The van der Waals surface area contributed by atoms with Crippen molar-refractivity contribution in [2.45, 2.75) is 0 Å². The highest BCUT2D eigenvalue weighted by molar-refractivity contribution is 6.09. The van der Waals surface area contributed by atoms with Crippen LogP contribution in [0.2, 0.25) is 0 Å². The average molecular weight is 202 g/mol. The van der Waals surface area contributed by atoms with Crippen molar-refractivity contribution in [3.05, 3.63) is 33.9 Å². The lowest BCUT2D eigenvalue weighted by molar-refractivity contribution is -0.384. The van der Waals surface area contributed by atoms with Crippen LogP contribution in [0.4, 0.5) is 5.69 Å². The first-order valence-corrected chi connectivity index (χ1v) is 3.52. The molecule has 0 N–H and O–H groups in total. The zero-order chi connectivity index (χ0) is 9.84. The van der Waals surface area contributed by atoms with Crippen LogP contribution in [0, 0.1) is 10.1 Å². The van der Waals surface area contributed by atoms with Crippen LogP contribution < -0.4 is 4.29 Å². The predicted octanol–water partition coefficient (Wildman–Crippen LogP) is 1.94. The van der Waals surface area contributed by atoms with Gasteiger partial charge in [-0.2, -0.15) is 0 Å². The lowest BCUT2D eigenvalue weighted by Crippen LogP contribution is -1.91. The first kappa shape index (κ1) is 9.47. The Balaban J connectivity index is 3.20. The topological polar surface area (TPSA) is 69.4 Å². The number of benzene rings is 1. The third-order valence-corrected chi connectivity index (χ3v) is 1.58. The maximum Gasteiger partial charge on any atom is 0.270 e. The van der Waals surface area contributed by atoms with E-state index in [0.717, 1.165) is 6.07 Å². The van der Waals surface area contributed by atoms with Crippen molar-refractivity contribution >= 4 is 23.8 Å². The molecule has 68 valence electrons. The van der Waals surface area contributed by atoms with E-state index in [1.807, 2.05) is 0 Å². The normalized spacial score (nSPS) is 9.31. The van der Waals surface area contributed by atoms with Crippen LogP contribution in [0.25, 0.3) is 0 Å². The number of nitrogens with zero attached hydrogens (tertiary/aromatic N) is 1. The average Bonchev–Trinajstić information content (AvgIpc) is 2.16. The van der Waals surface area contributed by atoms with Crippen LogP contribution in [0.5, 0.6) is 5.75 Å². The number of halogens is 1. The quantitative estimate of drug-likeness (QED) is 0.426. The number of hydrogen-bond donors (Lipinski definition) is 0. The monoisotopic (exact) mass is 201 g/mol. The Hall–Kier alpha value is -1.62. The van der Waals surface area contributed by atoms with Crippen LogP contribution >= 0.6 is 11.9 Å². The standard InChI is InChI=1S/C7H4ClNO4/c8-13-7-2-1-6(9(11)12)3-5(7)4-10/h1-4H. The molecule has 1 aromatic carbocycles. The molecule has 0 saturated heterocycles. The molecule has 0 aliphatic carbocycles. The van der Waals surface area contributed by atoms with E-state index in [2.05, 4.69) is 4.29 Å². The second-order valence-corrected chi connectivity index (χ2v) is 2.33. The van der Waals surface area contributed by atoms with Crippen molar-refractivity contribution < 1.29 is 14.0 Å². The second-order valence-electron chi connectivity index (χ2n) is 2.17. The Morgan fingerprint density at radius 3 is 2.69 bits per heavy atom. The molecular formula is C7H4ClNO4. The van der Waals surface area contributed by atoms with Gasteiger partial charge in [0.05, 0.1) is 10.5 Å². The highest BCUT2D eigenvalue weighted by atomic mass is 35.5. The largest absolute Gasteiger partial charge is 0.385 e. The van der Waals surface area contributed by atoms with Crippen LogP contribution in [-0.4, -0.2) is 11.2 Å².